The second-order valence-corrected chi connectivity index (χ2v) is 2.22. The largest absolute Gasteiger partial charge is 0.479 e. The number of rotatable bonds is 1. The molecule has 1 rings (SSSR count). The molecule has 11 heavy (non-hydrogen) atoms. The van der Waals surface area contributed by atoms with Gasteiger partial charge in [0.2, 0.25) is 11.5 Å². The average molecular weight is 159 g/mol. The number of imide groups is 1. The SMILES string of the molecule is O=C1CC(O)(C(=O)O)C(=O)N1. The maximum absolute atomic E-state index is 10.6. The Balaban J connectivity index is 2.96. The van der Waals surface area contributed by atoms with E-state index in [0.29, 0.717) is 0 Å². The molecule has 1 heterocycles. The summed E-state index contributed by atoms with van der Waals surface area (Å²) in [6, 6.07) is 0. The van der Waals surface area contributed by atoms with Crippen LogP contribution in [0.2, 0.25) is 0 Å². The quantitative estimate of drug-likeness (QED) is 0.299. The topological polar surface area (TPSA) is 104 Å². The van der Waals surface area contributed by atoms with Crippen LogP contribution in [0.3, 0.4) is 0 Å². The van der Waals surface area contributed by atoms with Crippen LogP contribution in [0.4, 0.5) is 0 Å². The highest BCUT2D eigenvalue weighted by atomic mass is 16.4. The molecule has 1 aliphatic heterocycles. The summed E-state index contributed by atoms with van der Waals surface area (Å²) >= 11 is 0. The van der Waals surface area contributed by atoms with Crippen molar-refractivity contribution in [2.45, 2.75) is 12.0 Å². The Bertz CT molecular complexity index is 247. The molecule has 1 saturated heterocycles. The fraction of sp³-hybridized carbons (Fsp3) is 0.400. The summed E-state index contributed by atoms with van der Waals surface area (Å²) in [6.45, 7) is 0. The van der Waals surface area contributed by atoms with Crippen LogP contribution in [0.15, 0.2) is 0 Å². The first-order chi connectivity index (χ1) is 4.97. The second-order valence-electron chi connectivity index (χ2n) is 2.22. The van der Waals surface area contributed by atoms with Crippen molar-refractivity contribution in [1.29, 1.82) is 0 Å². The highest BCUT2D eigenvalue weighted by molar-refractivity contribution is 6.18. The molecular weight excluding hydrogens is 154 g/mol. The zero-order valence-electron chi connectivity index (χ0n) is 5.33. The van der Waals surface area contributed by atoms with Gasteiger partial charge in [-0.15, -0.1) is 0 Å². The number of amides is 2. The third-order valence-electron chi connectivity index (χ3n) is 1.40. The highest BCUT2D eigenvalue weighted by Gasteiger charge is 2.51. The van der Waals surface area contributed by atoms with Crippen molar-refractivity contribution >= 4 is 17.8 Å². The van der Waals surface area contributed by atoms with Crippen LogP contribution in [0.25, 0.3) is 0 Å². The fourth-order valence-corrected chi connectivity index (χ4v) is 0.760. The highest BCUT2D eigenvalue weighted by Crippen LogP contribution is 2.16. The van der Waals surface area contributed by atoms with Crippen LogP contribution in [0, 0.1) is 0 Å². The van der Waals surface area contributed by atoms with Gasteiger partial charge in [0.15, 0.2) is 0 Å². The molecule has 1 unspecified atom stereocenters. The van der Waals surface area contributed by atoms with E-state index in [1.807, 2.05) is 0 Å². The minimum absolute atomic E-state index is 0.707. The maximum Gasteiger partial charge on any atom is 0.346 e. The van der Waals surface area contributed by atoms with E-state index in [9.17, 15) is 14.4 Å². The summed E-state index contributed by atoms with van der Waals surface area (Å²) in [5.41, 5.74) is -2.56. The van der Waals surface area contributed by atoms with Crippen molar-refractivity contribution in [3.63, 3.8) is 0 Å². The van der Waals surface area contributed by atoms with Gasteiger partial charge in [0.25, 0.3) is 5.91 Å². The molecule has 60 valence electrons. The molecule has 1 aliphatic rings. The third kappa shape index (κ3) is 0.966. The lowest BCUT2D eigenvalue weighted by atomic mass is 10.0. The van der Waals surface area contributed by atoms with Gasteiger partial charge in [-0.05, 0) is 0 Å². The predicted octanol–water partition coefficient (Wildman–Crippen LogP) is -2.15. The van der Waals surface area contributed by atoms with Crippen molar-refractivity contribution in [2.24, 2.45) is 0 Å². The summed E-state index contributed by atoms with van der Waals surface area (Å²) in [4.78, 5) is 31.2. The number of carboxylic acid groups (broad SMARTS) is 1. The predicted molar refractivity (Wildman–Crippen MR) is 30.4 cm³/mol. The van der Waals surface area contributed by atoms with Gasteiger partial charge < -0.3 is 10.2 Å². The number of aliphatic hydroxyl groups is 1. The van der Waals surface area contributed by atoms with E-state index in [1.54, 1.807) is 5.32 Å². The zero-order valence-corrected chi connectivity index (χ0v) is 5.33. The monoisotopic (exact) mass is 159 g/mol. The number of hydrogen-bond donors (Lipinski definition) is 3. The Morgan fingerprint density at radius 1 is 1.55 bits per heavy atom. The van der Waals surface area contributed by atoms with E-state index in [0.717, 1.165) is 0 Å². The minimum Gasteiger partial charge on any atom is -0.479 e. The molecule has 6 heteroatoms. The summed E-state index contributed by atoms with van der Waals surface area (Å²) in [5, 5.41) is 19.0. The first-order valence-electron chi connectivity index (χ1n) is 2.77. The van der Waals surface area contributed by atoms with E-state index in [4.69, 9.17) is 10.2 Å². The van der Waals surface area contributed by atoms with Crippen molar-refractivity contribution in [3.05, 3.63) is 0 Å². The van der Waals surface area contributed by atoms with Crippen LogP contribution in [0.1, 0.15) is 6.42 Å². The molecule has 0 radical (unpaired) electrons. The van der Waals surface area contributed by atoms with Gasteiger partial charge in [-0.2, -0.15) is 0 Å². The normalized spacial score (nSPS) is 30.3. The van der Waals surface area contributed by atoms with E-state index in [2.05, 4.69) is 0 Å². The van der Waals surface area contributed by atoms with Gasteiger partial charge in [0, 0.05) is 0 Å². The van der Waals surface area contributed by atoms with Crippen LogP contribution in [0.5, 0.6) is 0 Å². The van der Waals surface area contributed by atoms with Gasteiger partial charge in [-0.25, -0.2) is 4.79 Å². The number of hydrogen-bond acceptors (Lipinski definition) is 4. The summed E-state index contributed by atoms with van der Waals surface area (Å²) in [6.07, 6.45) is -0.707. The number of aliphatic carboxylic acids is 1. The van der Waals surface area contributed by atoms with E-state index in [1.165, 1.54) is 0 Å². The molecule has 0 aromatic rings. The molecule has 0 bridgehead atoms. The Morgan fingerprint density at radius 2 is 2.09 bits per heavy atom. The van der Waals surface area contributed by atoms with E-state index >= 15 is 0 Å². The van der Waals surface area contributed by atoms with Crippen LogP contribution in [-0.2, 0) is 14.4 Å². The Labute approximate surface area is 60.8 Å². The van der Waals surface area contributed by atoms with Crippen molar-refractivity contribution < 1.29 is 24.6 Å². The summed E-state index contributed by atoms with van der Waals surface area (Å²) in [7, 11) is 0. The van der Waals surface area contributed by atoms with Gasteiger partial charge in [-0.1, -0.05) is 0 Å². The van der Waals surface area contributed by atoms with Crippen molar-refractivity contribution in [3.8, 4) is 0 Å². The molecule has 1 fully saturated rings. The Hall–Kier alpha value is -1.43. The van der Waals surface area contributed by atoms with Crippen molar-refractivity contribution in [2.75, 3.05) is 0 Å². The molecule has 0 spiro atoms. The summed E-state index contributed by atoms with van der Waals surface area (Å²) in [5.74, 6) is -3.66. The van der Waals surface area contributed by atoms with Gasteiger partial charge in [0.1, 0.15) is 0 Å². The Morgan fingerprint density at radius 3 is 2.27 bits per heavy atom. The summed E-state index contributed by atoms with van der Waals surface area (Å²) < 4.78 is 0. The number of nitrogens with one attached hydrogen (secondary N) is 1. The van der Waals surface area contributed by atoms with Gasteiger partial charge in [-0.3, -0.25) is 14.9 Å². The number of carboxylic acids is 1. The van der Waals surface area contributed by atoms with Crippen LogP contribution in [-0.4, -0.2) is 33.6 Å². The second kappa shape index (κ2) is 2.03. The molecule has 0 saturated carbocycles. The number of carbonyl (C=O) groups is 3. The molecule has 3 N–H and O–H groups in total. The molecule has 2 amide bonds. The van der Waals surface area contributed by atoms with Crippen LogP contribution < -0.4 is 5.32 Å². The lowest BCUT2D eigenvalue weighted by molar-refractivity contribution is -0.163. The van der Waals surface area contributed by atoms with Gasteiger partial charge in [0.05, 0.1) is 6.42 Å². The first-order valence-corrected chi connectivity index (χ1v) is 2.77. The average Bonchev–Trinajstić information content (AvgIpc) is 2.08. The lowest BCUT2D eigenvalue weighted by Gasteiger charge is -2.09. The van der Waals surface area contributed by atoms with Crippen LogP contribution >= 0.6 is 0 Å². The van der Waals surface area contributed by atoms with E-state index in [-0.39, 0.29) is 0 Å². The fourth-order valence-electron chi connectivity index (χ4n) is 0.760. The third-order valence-corrected chi connectivity index (χ3v) is 1.40. The van der Waals surface area contributed by atoms with Crippen molar-refractivity contribution in [1.82, 2.24) is 5.32 Å². The molecular formula is C5H5NO5. The maximum atomic E-state index is 10.6. The molecule has 0 aliphatic carbocycles. The smallest absolute Gasteiger partial charge is 0.346 e. The molecule has 1 atom stereocenters. The molecule has 6 nitrogen and oxygen atoms in total. The standard InChI is InChI=1S/C5H5NO5/c7-2-1-5(11,4(9)10)3(8)6-2/h11H,1H2,(H,9,10)(H,6,7,8). The zero-order chi connectivity index (χ0) is 8.65. The minimum atomic E-state index is -2.56. The molecule has 0 aromatic heterocycles. The lowest BCUT2D eigenvalue weighted by Crippen LogP contribution is -2.45. The molecule has 0 aromatic carbocycles. The van der Waals surface area contributed by atoms with E-state index < -0.39 is 29.8 Å². The Kier molecular flexibility index (Phi) is 1.41. The number of carbonyl (C=O) groups excluding carboxylic acids is 2. The first kappa shape index (κ1) is 7.67. The van der Waals surface area contributed by atoms with Gasteiger partial charge >= 0.3 is 5.97 Å².